The van der Waals surface area contributed by atoms with Crippen molar-refractivity contribution in [3.63, 3.8) is 0 Å². The Bertz CT molecular complexity index is 1020. The van der Waals surface area contributed by atoms with Gasteiger partial charge in [-0.05, 0) is 55.4 Å². The Morgan fingerprint density at radius 2 is 1.55 bits per heavy atom. The number of aliphatic hydroxyl groups is 2. The lowest BCUT2D eigenvalue weighted by Crippen LogP contribution is -2.50. The van der Waals surface area contributed by atoms with Crippen molar-refractivity contribution < 1.29 is 19.8 Å². The third-order valence-electron chi connectivity index (χ3n) is 5.96. The van der Waals surface area contributed by atoms with Gasteiger partial charge in [-0.1, -0.05) is 114 Å². The van der Waals surface area contributed by atoms with Crippen LogP contribution in [-0.4, -0.2) is 52.2 Å². The van der Waals surface area contributed by atoms with Crippen molar-refractivity contribution in [3.05, 3.63) is 84.0 Å². The van der Waals surface area contributed by atoms with Gasteiger partial charge in [0.15, 0.2) is 12.2 Å². The lowest BCUT2D eigenvalue weighted by molar-refractivity contribution is -0.152. The summed E-state index contributed by atoms with van der Waals surface area (Å²) in [5.41, 5.74) is 5.60. The first-order valence-corrected chi connectivity index (χ1v) is 14.7. The molecule has 6 heteroatoms. The van der Waals surface area contributed by atoms with Crippen molar-refractivity contribution in [2.75, 3.05) is 13.1 Å². The fraction of sp³-hybridized carbons (Fsp3) is 0.471. The average molecular weight is 553 g/mol. The normalized spacial score (nSPS) is 13.5. The highest BCUT2D eigenvalue weighted by atomic mass is 16.3. The number of aryl methyl sites for hydroxylation is 1. The molecule has 222 valence electrons. The monoisotopic (exact) mass is 552 g/mol. The lowest BCUT2D eigenvalue weighted by Gasteiger charge is -2.22. The van der Waals surface area contributed by atoms with E-state index in [9.17, 15) is 19.8 Å². The van der Waals surface area contributed by atoms with Crippen molar-refractivity contribution in [3.8, 4) is 11.1 Å². The molecular formula is C34H52N2O4. The van der Waals surface area contributed by atoms with Crippen molar-refractivity contribution in [1.29, 1.82) is 0 Å². The molecule has 2 atom stereocenters. The molecule has 2 aromatic rings. The van der Waals surface area contributed by atoms with Crippen LogP contribution in [0.25, 0.3) is 11.1 Å². The molecule has 0 bridgehead atoms. The Morgan fingerprint density at radius 3 is 2.05 bits per heavy atom. The van der Waals surface area contributed by atoms with Crippen LogP contribution in [0.4, 0.5) is 0 Å². The summed E-state index contributed by atoms with van der Waals surface area (Å²) in [5.74, 6) is -1.35. The predicted molar refractivity (Wildman–Crippen MR) is 168 cm³/mol. The minimum atomic E-state index is -1.78. The van der Waals surface area contributed by atoms with Gasteiger partial charge in [0.2, 0.25) is 0 Å². The summed E-state index contributed by atoms with van der Waals surface area (Å²) in [7, 11) is 0. The van der Waals surface area contributed by atoms with Gasteiger partial charge in [0.05, 0.1) is 0 Å². The van der Waals surface area contributed by atoms with Crippen LogP contribution < -0.4 is 5.32 Å². The quantitative estimate of drug-likeness (QED) is 0.312. The Morgan fingerprint density at radius 1 is 0.975 bits per heavy atom. The first-order valence-electron chi connectivity index (χ1n) is 14.7. The van der Waals surface area contributed by atoms with Crippen LogP contribution in [0.3, 0.4) is 0 Å². The van der Waals surface area contributed by atoms with E-state index in [1.807, 2.05) is 90.1 Å². The number of nitrogens with zero attached hydrogens (tertiary/aromatic N) is 1. The molecule has 6 nitrogen and oxygen atoms in total. The van der Waals surface area contributed by atoms with Crippen LogP contribution in [0.15, 0.2) is 72.8 Å². The number of benzene rings is 2. The number of hydrogen-bond donors (Lipinski definition) is 3. The van der Waals surface area contributed by atoms with E-state index in [0.29, 0.717) is 13.1 Å². The third kappa shape index (κ3) is 12.8. The molecule has 0 spiro atoms. The van der Waals surface area contributed by atoms with Gasteiger partial charge in [-0.2, -0.15) is 0 Å². The average Bonchev–Trinajstić information content (AvgIpc) is 3.53. The van der Waals surface area contributed by atoms with E-state index >= 15 is 0 Å². The minimum absolute atomic E-state index is 0.206. The molecular weight excluding hydrogens is 500 g/mol. The second-order valence-corrected chi connectivity index (χ2v) is 9.09. The summed E-state index contributed by atoms with van der Waals surface area (Å²) in [6.07, 6.45) is 4.28. The van der Waals surface area contributed by atoms with Gasteiger partial charge in [0.25, 0.3) is 11.8 Å². The summed E-state index contributed by atoms with van der Waals surface area (Å²) in [6, 6.07) is 16.2. The minimum Gasteiger partial charge on any atom is -0.380 e. The predicted octanol–water partition coefficient (Wildman–Crippen LogP) is 6.46. The fourth-order valence-electron chi connectivity index (χ4n) is 4.07. The van der Waals surface area contributed by atoms with Gasteiger partial charge in [0.1, 0.15) is 0 Å². The number of amides is 2. The molecule has 2 aromatic carbocycles. The molecule has 0 aliphatic carbocycles. The second-order valence-electron chi connectivity index (χ2n) is 9.09. The summed E-state index contributed by atoms with van der Waals surface area (Å²) >= 11 is 0. The second kappa shape index (κ2) is 21.6. The number of carbonyl (C=O) groups is 2. The van der Waals surface area contributed by atoms with E-state index in [1.54, 1.807) is 0 Å². The highest BCUT2D eigenvalue weighted by molar-refractivity contribution is 5.90. The maximum Gasteiger partial charge on any atom is 0.254 e. The van der Waals surface area contributed by atoms with Crippen molar-refractivity contribution in [2.24, 2.45) is 0 Å². The Hall–Kier alpha value is -3.22. The maximum absolute atomic E-state index is 12.2. The summed E-state index contributed by atoms with van der Waals surface area (Å²) < 4.78 is 0. The van der Waals surface area contributed by atoms with E-state index in [0.717, 1.165) is 42.4 Å². The van der Waals surface area contributed by atoms with Gasteiger partial charge in [-0.25, -0.2) is 0 Å². The number of carbonyl (C=O) groups excluding carboxylic acids is 2. The largest absolute Gasteiger partial charge is 0.380 e. The van der Waals surface area contributed by atoms with Gasteiger partial charge in [-0.3, -0.25) is 9.59 Å². The number of allylic oxidation sites excluding steroid dienone is 3. The summed E-state index contributed by atoms with van der Waals surface area (Å²) in [6.45, 7) is 19.1. The maximum atomic E-state index is 12.2. The third-order valence-corrected chi connectivity index (χ3v) is 5.96. The van der Waals surface area contributed by atoms with Crippen LogP contribution in [0.2, 0.25) is 0 Å². The zero-order valence-electron chi connectivity index (χ0n) is 25.7. The molecule has 1 aliphatic heterocycles. The summed E-state index contributed by atoms with van der Waals surface area (Å²) in [5, 5.41) is 22.7. The number of hydrogen-bond acceptors (Lipinski definition) is 4. The van der Waals surface area contributed by atoms with E-state index in [1.165, 1.54) is 16.0 Å². The topological polar surface area (TPSA) is 89.9 Å². The highest BCUT2D eigenvalue weighted by Crippen LogP contribution is 2.25. The molecule has 1 saturated heterocycles. The van der Waals surface area contributed by atoms with E-state index in [2.05, 4.69) is 31.0 Å². The van der Waals surface area contributed by atoms with Crippen LogP contribution in [-0.2, 0) is 22.6 Å². The first kappa shape index (κ1) is 36.8. The number of likely N-dealkylation sites (tertiary alicyclic amines) is 1. The van der Waals surface area contributed by atoms with E-state index < -0.39 is 24.0 Å². The van der Waals surface area contributed by atoms with Gasteiger partial charge >= 0.3 is 0 Å². The zero-order chi connectivity index (χ0) is 30.5. The van der Waals surface area contributed by atoms with E-state index in [-0.39, 0.29) is 6.54 Å². The Labute approximate surface area is 242 Å². The molecule has 0 radical (unpaired) electrons. The van der Waals surface area contributed by atoms with Gasteiger partial charge in [-0.15, -0.1) is 0 Å². The molecule has 2 amide bonds. The Kier molecular flexibility index (Phi) is 19.8. The van der Waals surface area contributed by atoms with Gasteiger partial charge in [0, 0.05) is 19.6 Å². The van der Waals surface area contributed by atoms with Crippen molar-refractivity contribution >= 4 is 11.8 Å². The standard InChI is InChI=1S/C24H30N2O4.C6H10.2C2H6/c1-2-7-18-8-3-4-9-20(18)19-12-10-17(11-13-19)16-25-23(29)21(27)22(28)24(30)26-14-5-6-15-26;1-4-5-6(2)3;2*1-2/h3-4,8-13,21-22,27-28H,2,5-7,14-16H2,1H3,(H,25,29);4-5H,2H2,1,3H3;2*1-2H3/b;5-4-;;/t21-,22-;;;/m1.../s1. The van der Waals surface area contributed by atoms with Crippen LogP contribution in [0, 0.1) is 0 Å². The van der Waals surface area contributed by atoms with E-state index in [4.69, 9.17) is 0 Å². The number of nitrogens with one attached hydrogen (secondary N) is 1. The van der Waals surface area contributed by atoms with Crippen LogP contribution >= 0.6 is 0 Å². The molecule has 1 aliphatic rings. The lowest BCUT2D eigenvalue weighted by atomic mass is 9.96. The fourth-order valence-corrected chi connectivity index (χ4v) is 4.07. The van der Waals surface area contributed by atoms with Gasteiger partial charge < -0.3 is 20.4 Å². The van der Waals surface area contributed by atoms with Crippen LogP contribution in [0.1, 0.15) is 78.9 Å². The molecule has 1 fully saturated rings. The molecule has 40 heavy (non-hydrogen) atoms. The SMILES string of the molecule is C=C(C)/C=C\C.CC.CC.CCCc1ccccc1-c1ccc(CNC(=O)[C@H](O)[C@@H](O)C(=O)N2CCCC2)cc1. The number of rotatable bonds is 9. The Balaban J connectivity index is 0.00000133. The zero-order valence-corrected chi connectivity index (χ0v) is 25.7. The highest BCUT2D eigenvalue weighted by Gasteiger charge is 2.34. The molecule has 0 aromatic heterocycles. The molecule has 3 N–H and O–H groups in total. The summed E-state index contributed by atoms with van der Waals surface area (Å²) in [4.78, 5) is 25.8. The molecule has 0 saturated carbocycles. The molecule has 3 rings (SSSR count). The smallest absolute Gasteiger partial charge is 0.254 e. The number of aliphatic hydroxyl groups excluding tert-OH is 2. The molecule has 1 heterocycles. The van der Waals surface area contributed by atoms with Crippen LogP contribution in [0.5, 0.6) is 0 Å². The molecule has 0 unspecified atom stereocenters. The first-order chi connectivity index (χ1) is 19.3. The van der Waals surface area contributed by atoms with Crippen molar-refractivity contribution in [2.45, 2.75) is 92.9 Å². The van der Waals surface area contributed by atoms with Crippen molar-refractivity contribution in [1.82, 2.24) is 10.2 Å².